The van der Waals surface area contributed by atoms with Crippen molar-refractivity contribution in [3.8, 4) is 39.6 Å². The lowest BCUT2D eigenvalue weighted by molar-refractivity contribution is 0.379. The van der Waals surface area contributed by atoms with E-state index in [1.807, 2.05) is 26.0 Å². The van der Waals surface area contributed by atoms with E-state index in [-0.39, 0.29) is 16.2 Å². The molecular weight excluding hydrogens is 508 g/mol. The van der Waals surface area contributed by atoms with E-state index in [0.29, 0.717) is 39.8 Å². The van der Waals surface area contributed by atoms with Crippen molar-refractivity contribution in [3.63, 3.8) is 0 Å². The van der Waals surface area contributed by atoms with Crippen LogP contribution in [0.25, 0.3) is 27.9 Å². The van der Waals surface area contributed by atoms with Gasteiger partial charge >= 0.3 is 0 Å². The zero-order chi connectivity index (χ0) is 27.2. The first-order valence-electron chi connectivity index (χ1n) is 11.8. The quantitative estimate of drug-likeness (QED) is 0.298. The van der Waals surface area contributed by atoms with Gasteiger partial charge in [-0.1, -0.05) is 18.1 Å². The molecule has 10 nitrogen and oxygen atoms in total. The van der Waals surface area contributed by atoms with Crippen LogP contribution in [0.2, 0.25) is 0 Å². The maximum absolute atomic E-state index is 12.8. The van der Waals surface area contributed by atoms with Gasteiger partial charge < -0.3 is 18.6 Å². The van der Waals surface area contributed by atoms with Crippen LogP contribution in [0.15, 0.2) is 69.3 Å². The van der Waals surface area contributed by atoms with Crippen LogP contribution in [0.4, 0.5) is 0 Å². The summed E-state index contributed by atoms with van der Waals surface area (Å²) in [5, 5.41) is 4.04. The highest BCUT2D eigenvalue weighted by Crippen LogP contribution is 2.41. The van der Waals surface area contributed by atoms with Crippen LogP contribution in [0, 0.1) is 13.8 Å². The Hall–Kier alpha value is -4.38. The summed E-state index contributed by atoms with van der Waals surface area (Å²) >= 11 is 0. The predicted molar refractivity (Wildman–Crippen MR) is 142 cm³/mol. The van der Waals surface area contributed by atoms with Crippen LogP contribution in [-0.4, -0.2) is 40.4 Å². The molecule has 0 atom stereocenters. The molecule has 0 radical (unpaired) electrons. The number of hydrogen-bond donors (Lipinski definition) is 0. The lowest BCUT2D eigenvalue weighted by Crippen LogP contribution is -2.19. The van der Waals surface area contributed by atoms with Gasteiger partial charge in [0.15, 0.2) is 21.3 Å². The summed E-state index contributed by atoms with van der Waals surface area (Å²) in [7, 11) is -0.360. The number of nitrogens with zero attached hydrogens (tertiary/aromatic N) is 4. The summed E-state index contributed by atoms with van der Waals surface area (Å²) < 4.78 is 45.9. The minimum atomic E-state index is -3.53. The van der Waals surface area contributed by atoms with Crippen molar-refractivity contribution >= 4 is 15.4 Å². The van der Waals surface area contributed by atoms with Gasteiger partial charge in [-0.15, -0.1) is 0 Å². The molecule has 0 fully saturated rings. The van der Waals surface area contributed by atoms with Crippen LogP contribution < -0.4 is 15.0 Å². The van der Waals surface area contributed by atoms with Crippen molar-refractivity contribution in [2.24, 2.45) is 7.05 Å². The highest BCUT2D eigenvalue weighted by atomic mass is 32.2. The average molecular weight is 535 g/mol. The number of fused-ring (bicyclic) bond motifs is 1. The number of methoxy groups -OCH3 is 1. The SMILES string of the molecule is CCS(=O)(=O)c1ccc(Oc2cc(-c3c(C)noc3C)ccc2OC)c(-c2cn(C)c(=O)c3cncn23)c1. The predicted octanol–water partition coefficient (Wildman–Crippen LogP) is 4.57. The number of sulfone groups is 1. The van der Waals surface area contributed by atoms with Crippen molar-refractivity contribution in [2.75, 3.05) is 12.9 Å². The molecular formula is C27H26N4O6S. The van der Waals surface area contributed by atoms with Crippen molar-refractivity contribution < 1.29 is 22.4 Å². The Morgan fingerprint density at radius 2 is 1.82 bits per heavy atom. The summed E-state index contributed by atoms with van der Waals surface area (Å²) in [6.07, 6.45) is 4.60. The summed E-state index contributed by atoms with van der Waals surface area (Å²) in [5.74, 6) is 1.85. The lowest BCUT2D eigenvalue weighted by atomic mass is 10.0. The zero-order valence-corrected chi connectivity index (χ0v) is 22.4. The van der Waals surface area contributed by atoms with E-state index in [1.54, 1.807) is 42.8 Å². The molecule has 2 aromatic carbocycles. The minimum Gasteiger partial charge on any atom is -0.493 e. The second-order valence-electron chi connectivity index (χ2n) is 8.81. The number of aromatic nitrogens is 4. The van der Waals surface area contributed by atoms with Gasteiger partial charge in [0.25, 0.3) is 5.56 Å². The van der Waals surface area contributed by atoms with E-state index in [9.17, 15) is 13.2 Å². The van der Waals surface area contributed by atoms with E-state index in [1.165, 1.54) is 30.3 Å². The van der Waals surface area contributed by atoms with Crippen molar-refractivity contribution in [1.82, 2.24) is 19.1 Å². The monoisotopic (exact) mass is 534 g/mol. The average Bonchev–Trinajstić information content (AvgIpc) is 3.53. The van der Waals surface area contributed by atoms with Crippen LogP contribution in [0.3, 0.4) is 0 Å². The number of imidazole rings is 1. The van der Waals surface area contributed by atoms with Gasteiger partial charge in [-0.25, -0.2) is 13.4 Å². The van der Waals surface area contributed by atoms with Crippen LogP contribution >= 0.6 is 0 Å². The molecule has 5 aromatic rings. The molecule has 0 spiro atoms. The zero-order valence-electron chi connectivity index (χ0n) is 21.5. The Bertz CT molecular complexity index is 1830. The first-order valence-corrected chi connectivity index (χ1v) is 13.5. The highest BCUT2D eigenvalue weighted by molar-refractivity contribution is 7.91. The molecule has 0 saturated heterocycles. The number of rotatable bonds is 7. The maximum atomic E-state index is 12.8. The summed E-state index contributed by atoms with van der Waals surface area (Å²) in [4.78, 5) is 16.9. The molecule has 0 N–H and O–H groups in total. The van der Waals surface area contributed by atoms with E-state index in [4.69, 9.17) is 14.0 Å². The second kappa shape index (κ2) is 9.49. The fraction of sp³-hybridized carbons (Fsp3) is 0.222. The van der Waals surface area contributed by atoms with E-state index in [2.05, 4.69) is 10.1 Å². The Balaban J connectivity index is 1.73. The summed E-state index contributed by atoms with van der Waals surface area (Å²) in [5.41, 5.74) is 3.51. The molecule has 0 aliphatic carbocycles. The molecule has 11 heteroatoms. The summed E-state index contributed by atoms with van der Waals surface area (Å²) in [6.45, 7) is 5.28. The third kappa shape index (κ3) is 4.24. The topological polar surface area (TPSA) is 118 Å². The maximum Gasteiger partial charge on any atom is 0.276 e. The first-order chi connectivity index (χ1) is 18.1. The van der Waals surface area contributed by atoms with Gasteiger partial charge in [0.1, 0.15) is 17.0 Å². The van der Waals surface area contributed by atoms with Gasteiger partial charge in [-0.3, -0.25) is 9.20 Å². The molecule has 5 rings (SSSR count). The number of hydrogen-bond acceptors (Lipinski definition) is 8. The summed E-state index contributed by atoms with van der Waals surface area (Å²) in [6, 6.07) is 10.2. The van der Waals surface area contributed by atoms with Crippen LogP contribution in [0.5, 0.6) is 17.2 Å². The third-order valence-electron chi connectivity index (χ3n) is 6.43. The van der Waals surface area contributed by atoms with Crippen LogP contribution in [0.1, 0.15) is 18.4 Å². The smallest absolute Gasteiger partial charge is 0.276 e. The first kappa shape index (κ1) is 25.3. The van der Waals surface area contributed by atoms with Gasteiger partial charge in [-0.05, 0) is 49.7 Å². The molecule has 196 valence electrons. The Labute approximate surface area is 219 Å². The molecule has 0 amide bonds. The fourth-order valence-electron chi connectivity index (χ4n) is 4.41. The number of aryl methyl sites for hydroxylation is 3. The Morgan fingerprint density at radius 1 is 1.05 bits per heavy atom. The molecule has 0 unspecified atom stereocenters. The van der Waals surface area contributed by atoms with Gasteiger partial charge in [0.05, 0.1) is 41.7 Å². The van der Waals surface area contributed by atoms with Gasteiger partial charge in [0, 0.05) is 24.4 Å². The largest absolute Gasteiger partial charge is 0.493 e. The van der Waals surface area contributed by atoms with Crippen LogP contribution in [-0.2, 0) is 16.9 Å². The molecule has 0 bridgehead atoms. The molecule has 0 aliphatic rings. The third-order valence-corrected chi connectivity index (χ3v) is 8.16. The molecule has 3 aromatic heterocycles. The van der Waals surface area contributed by atoms with E-state index < -0.39 is 9.84 Å². The van der Waals surface area contributed by atoms with Gasteiger partial charge in [-0.2, -0.15) is 0 Å². The highest BCUT2D eigenvalue weighted by Gasteiger charge is 2.21. The molecule has 38 heavy (non-hydrogen) atoms. The fourth-order valence-corrected chi connectivity index (χ4v) is 5.32. The Kier molecular flexibility index (Phi) is 6.31. The number of ether oxygens (including phenoxy) is 2. The lowest BCUT2D eigenvalue weighted by Gasteiger charge is -2.17. The molecule has 0 aliphatic heterocycles. The van der Waals surface area contributed by atoms with E-state index >= 15 is 0 Å². The normalized spacial score (nSPS) is 11.7. The standard InChI is InChI=1S/C27H26N4O6S/c1-6-38(33,34)19-8-10-23(20(12-19)22-14-30(4)27(32)21-13-28-15-31(21)22)36-25-11-18(7-9-24(25)35-5)26-16(2)29-37-17(26)3/h7-15H,6H2,1-5H3. The van der Waals surface area contributed by atoms with Gasteiger partial charge in [0.2, 0.25) is 0 Å². The molecule has 3 heterocycles. The van der Waals surface area contributed by atoms with Crippen molar-refractivity contribution in [1.29, 1.82) is 0 Å². The Morgan fingerprint density at radius 3 is 2.50 bits per heavy atom. The second-order valence-corrected chi connectivity index (χ2v) is 11.1. The van der Waals surface area contributed by atoms with E-state index in [0.717, 1.165) is 16.8 Å². The van der Waals surface area contributed by atoms with Crippen molar-refractivity contribution in [3.05, 3.63) is 76.9 Å². The minimum absolute atomic E-state index is 0.0618. The number of benzene rings is 2. The van der Waals surface area contributed by atoms with Crippen molar-refractivity contribution in [2.45, 2.75) is 25.7 Å². The molecule has 0 saturated carbocycles.